The highest BCUT2D eigenvalue weighted by Crippen LogP contribution is 2.29. The Hall–Kier alpha value is -0.950. The molecule has 1 aromatic carbocycles. The highest BCUT2D eigenvalue weighted by Gasteiger charge is 2.08. The van der Waals surface area contributed by atoms with Crippen molar-refractivity contribution in [3.05, 3.63) is 35.0 Å². The Morgan fingerprint density at radius 1 is 1.31 bits per heavy atom. The van der Waals surface area contributed by atoms with E-state index in [-0.39, 0.29) is 0 Å². The van der Waals surface area contributed by atoms with Gasteiger partial charge < -0.3 is 4.42 Å². The van der Waals surface area contributed by atoms with Gasteiger partial charge in [-0.1, -0.05) is 25.4 Å². The van der Waals surface area contributed by atoms with Crippen molar-refractivity contribution in [1.82, 2.24) is 0 Å². The molecule has 0 saturated carbocycles. The van der Waals surface area contributed by atoms with Gasteiger partial charge >= 0.3 is 0 Å². The Balaban J connectivity index is 2.71. The van der Waals surface area contributed by atoms with Crippen molar-refractivity contribution in [2.45, 2.75) is 19.8 Å². The first kappa shape index (κ1) is 8.64. The number of hydrogen-bond acceptors (Lipinski definition) is 1. The molecule has 1 aromatic heterocycles. The minimum atomic E-state index is 0.472. The van der Waals surface area contributed by atoms with Crippen molar-refractivity contribution in [2.75, 3.05) is 0 Å². The van der Waals surface area contributed by atoms with Crippen molar-refractivity contribution < 1.29 is 4.42 Å². The third-order valence-electron chi connectivity index (χ3n) is 2.19. The van der Waals surface area contributed by atoms with Crippen LogP contribution in [0.2, 0.25) is 5.02 Å². The van der Waals surface area contributed by atoms with Crippen molar-refractivity contribution >= 4 is 22.6 Å². The van der Waals surface area contributed by atoms with Gasteiger partial charge in [0.15, 0.2) is 0 Å². The minimum absolute atomic E-state index is 0.472. The van der Waals surface area contributed by atoms with Gasteiger partial charge in [0.05, 0.1) is 6.26 Å². The van der Waals surface area contributed by atoms with Crippen LogP contribution < -0.4 is 0 Å². The molecule has 0 atom stereocenters. The monoisotopic (exact) mass is 194 g/mol. The lowest BCUT2D eigenvalue weighted by Gasteiger charge is -2.00. The SMILES string of the molecule is CC(C)c1coc2ccc(Cl)cc12. The second-order valence-corrected chi connectivity index (χ2v) is 3.92. The standard InChI is InChI=1S/C11H11ClO/c1-7(2)10-6-13-11-4-3-8(12)5-9(10)11/h3-7H,1-2H3. The lowest BCUT2D eigenvalue weighted by molar-refractivity contribution is 0.606. The first-order chi connectivity index (χ1) is 6.18. The number of furan rings is 1. The number of rotatable bonds is 1. The Labute approximate surface area is 82.3 Å². The fourth-order valence-electron chi connectivity index (χ4n) is 1.47. The second kappa shape index (κ2) is 3.08. The summed E-state index contributed by atoms with van der Waals surface area (Å²) in [7, 11) is 0. The molecule has 1 heterocycles. The van der Waals surface area contributed by atoms with E-state index >= 15 is 0 Å². The van der Waals surface area contributed by atoms with Gasteiger partial charge in [0.1, 0.15) is 5.58 Å². The molecule has 0 saturated heterocycles. The van der Waals surface area contributed by atoms with Gasteiger partial charge in [0.25, 0.3) is 0 Å². The summed E-state index contributed by atoms with van der Waals surface area (Å²) in [5.74, 6) is 0.472. The van der Waals surface area contributed by atoms with E-state index in [2.05, 4.69) is 13.8 Å². The first-order valence-corrected chi connectivity index (χ1v) is 4.73. The Bertz CT molecular complexity index is 429. The number of benzene rings is 1. The molecule has 2 aromatic rings. The van der Waals surface area contributed by atoms with Crippen molar-refractivity contribution in [2.24, 2.45) is 0 Å². The summed E-state index contributed by atoms with van der Waals surface area (Å²) in [4.78, 5) is 0. The topological polar surface area (TPSA) is 13.1 Å². The third-order valence-corrected chi connectivity index (χ3v) is 2.42. The maximum Gasteiger partial charge on any atom is 0.134 e. The summed E-state index contributed by atoms with van der Waals surface area (Å²) in [5, 5.41) is 1.89. The normalized spacial score (nSPS) is 11.4. The summed E-state index contributed by atoms with van der Waals surface area (Å²) in [6.07, 6.45) is 1.81. The van der Waals surface area contributed by atoms with Crippen LogP contribution in [0.4, 0.5) is 0 Å². The zero-order chi connectivity index (χ0) is 9.42. The van der Waals surface area contributed by atoms with Gasteiger partial charge in [0, 0.05) is 16.0 Å². The smallest absolute Gasteiger partial charge is 0.134 e. The van der Waals surface area contributed by atoms with Gasteiger partial charge in [-0.3, -0.25) is 0 Å². The minimum Gasteiger partial charge on any atom is -0.464 e. The number of halogens is 1. The van der Waals surface area contributed by atoms with Gasteiger partial charge in [0.2, 0.25) is 0 Å². The van der Waals surface area contributed by atoms with Gasteiger partial charge in [-0.05, 0) is 24.1 Å². The van der Waals surface area contributed by atoms with E-state index < -0.39 is 0 Å². The summed E-state index contributed by atoms with van der Waals surface area (Å²) < 4.78 is 5.41. The molecule has 0 unspecified atom stereocenters. The van der Waals surface area contributed by atoms with E-state index in [9.17, 15) is 0 Å². The van der Waals surface area contributed by atoms with Gasteiger partial charge in [-0.15, -0.1) is 0 Å². The fraction of sp³-hybridized carbons (Fsp3) is 0.273. The molecule has 0 radical (unpaired) electrons. The van der Waals surface area contributed by atoms with Crippen LogP contribution in [0.3, 0.4) is 0 Å². The molecule has 68 valence electrons. The molecule has 0 amide bonds. The summed E-state index contributed by atoms with van der Waals surface area (Å²) in [5.41, 5.74) is 2.13. The van der Waals surface area contributed by atoms with E-state index in [1.807, 2.05) is 24.5 Å². The zero-order valence-electron chi connectivity index (χ0n) is 7.67. The molecule has 0 spiro atoms. The number of hydrogen-bond donors (Lipinski definition) is 0. The van der Waals surface area contributed by atoms with Gasteiger partial charge in [-0.2, -0.15) is 0 Å². The van der Waals surface area contributed by atoms with Crippen LogP contribution in [0.25, 0.3) is 11.0 Å². The molecule has 2 rings (SSSR count). The highest BCUT2D eigenvalue weighted by atomic mass is 35.5. The molecule has 0 aliphatic carbocycles. The predicted molar refractivity (Wildman–Crippen MR) is 55.3 cm³/mol. The van der Waals surface area contributed by atoms with Crippen LogP contribution in [-0.4, -0.2) is 0 Å². The first-order valence-electron chi connectivity index (χ1n) is 4.35. The van der Waals surface area contributed by atoms with E-state index in [0.29, 0.717) is 5.92 Å². The Morgan fingerprint density at radius 3 is 2.77 bits per heavy atom. The molecule has 0 aliphatic heterocycles. The molecule has 0 N–H and O–H groups in total. The van der Waals surface area contributed by atoms with Crippen LogP contribution in [0, 0.1) is 0 Å². The second-order valence-electron chi connectivity index (χ2n) is 3.49. The Kier molecular flexibility index (Phi) is 2.04. The fourth-order valence-corrected chi connectivity index (χ4v) is 1.64. The van der Waals surface area contributed by atoms with Gasteiger partial charge in [-0.25, -0.2) is 0 Å². The molecule has 2 heteroatoms. The van der Waals surface area contributed by atoms with Crippen LogP contribution in [0.5, 0.6) is 0 Å². The Morgan fingerprint density at radius 2 is 2.08 bits per heavy atom. The average Bonchev–Trinajstić information content (AvgIpc) is 2.46. The quantitative estimate of drug-likeness (QED) is 0.663. The maximum atomic E-state index is 5.91. The zero-order valence-corrected chi connectivity index (χ0v) is 8.43. The summed E-state index contributed by atoms with van der Waals surface area (Å²) >= 11 is 5.91. The number of fused-ring (bicyclic) bond motifs is 1. The highest BCUT2D eigenvalue weighted by molar-refractivity contribution is 6.31. The van der Waals surface area contributed by atoms with E-state index in [1.165, 1.54) is 5.56 Å². The molecule has 0 bridgehead atoms. The van der Waals surface area contributed by atoms with E-state index in [1.54, 1.807) is 0 Å². The maximum absolute atomic E-state index is 5.91. The van der Waals surface area contributed by atoms with Crippen LogP contribution >= 0.6 is 11.6 Å². The molecule has 13 heavy (non-hydrogen) atoms. The predicted octanol–water partition coefficient (Wildman–Crippen LogP) is 4.21. The van der Waals surface area contributed by atoms with Crippen LogP contribution in [0.15, 0.2) is 28.9 Å². The molecule has 0 fully saturated rings. The van der Waals surface area contributed by atoms with E-state index in [4.69, 9.17) is 16.0 Å². The van der Waals surface area contributed by atoms with Crippen molar-refractivity contribution in [3.63, 3.8) is 0 Å². The van der Waals surface area contributed by atoms with Crippen molar-refractivity contribution in [1.29, 1.82) is 0 Å². The summed E-state index contributed by atoms with van der Waals surface area (Å²) in [6.45, 7) is 4.29. The average molecular weight is 195 g/mol. The van der Waals surface area contributed by atoms with Crippen molar-refractivity contribution in [3.8, 4) is 0 Å². The van der Waals surface area contributed by atoms with E-state index in [0.717, 1.165) is 16.0 Å². The third kappa shape index (κ3) is 1.44. The molecule has 1 nitrogen and oxygen atoms in total. The largest absolute Gasteiger partial charge is 0.464 e. The lowest BCUT2D eigenvalue weighted by Crippen LogP contribution is -1.83. The molecular weight excluding hydrogens is 184 g/mol. The molecular formula is C11H11ClO. The molecule has 0 aliphatic rings. The lowest BCUT2D eigenvalue weighted by atomic mass is 10.0. The van der Waals surface area contributed by atoms with Crippen LogP contribution in [0.1, 0.15) is 25.3 Å². The summed E-state index contributed by atoms with van der Waals surface area (Å²) in [6, 6.07) is 5.71. The van der Waals surface area contributed by atoms with Crippen LogP contribution in [-0.2, 0) is 0 Å².